The second-order valence-electron chi connectivity index (χ2n) is 6.10. The van der Waals surface area contributed by atoms with E-state index in [-0.39, 0.29) is 5.78 Å². The maximum Gasteiger partial charge on any atom is 0.514 e. The Morgan fingerprint density at radius 2 is 1.68 bits per heavy atom. The molecule has 0 N–H and O–H groups in total. The summed E-state index contributed by atoms with van der Waals surface area (Å²) in [6.45, 7) is 11.4. The molecule has 0 unspecified atom stereocenters. The Labute approximate surface area is 114 Å². The number of rotatable bonds is 2. The summed E-state index contributed by atoms with van der Waals surface area (Å²) in [6.07, 6.45) is 0. The molecule has 1 fully saturated rings. The highest BCUT2D eigenvalue weighted by atomic mass is 16.7. The molecule has 102 valence electrons. The van der Waals surface area contributed by atoms with Crippen molar-refractivity contribution in [3.05, 3.63) is 23.4 Å². The largest absolute Gasteiger partial charge is 0.514 e. The van der Waals surface area contributed by atoms with Crippen LogP contribution in [0.25, 0.3) is 0 Å². The molecule has 0 aromatic carbocycles. The standard InChI is InChI=1S/C14H20BNO3/c1-9-7-11(10(2)17)16-12(8-9)15-18-13(3,4)14(5,6)19-15/h7-8H,1-6H3. The van der Waals surface area contributed by atoms with E-state index in [4.69, 9.17) is 9.31 Å². The van der Waals surface area contributed by atoms with Gasteiger partial charge in [0.2, 0.25) is 0 Å². The Morgan fingerprint density at radius 1 is 1.16 bits per heavy atom. The third-order valence-electron chi connectivity index (χ3n) is 3.84. The predicted molar refractivity (Wildman–Crippen MR) is 74.7 cm³/mol. The molecule has 0 bridgehead atoms. The van der Waals surface area contributed by atoms with Crippen LogP contribution in [0.15, 0.2) is 12.1 Å². The van der Waals surface area contributed by atoms with Gasteiger partial charge in [0, 0.05) is 6.92 Å². The second kappa shape index (κ2) is 4.42. The molecule has 0 aliphatic carbocycles. The lowest BCUT2D eigenvalue weighted by atomic mass is 9.83. The van der Waals surface area contributed by atoms with Crippen molar-refractivity contribution in [1.82, 2.24) is 4.98 Å². The van der Waals surface area contributed by atoms with Gasteiger partial charge in [0.05, 0.1) is 16.8 Å². The molecule has 0 radical (unpaired) electrons. The van der Waals surface area contributed by atoms with Crippen LogP contribution in [0.2, 0.25) is 0 Å². The summed E-state index contributed by atoms with van der Waals surface area (Å²) in [5.41, 5.74) is 1.28. The van der Waals surface area contributed by atoms with Crippen molar-refractivity contribution in [3.63, 3.8) is 0 Å². The van der Waals surface area contributed by atoms with Gasteiger partial charge in [-0.25, -0.2) is 0 Å². The first-order valence-corrected chi connectivity index (χ1v) is 6.47. The van der Waals surface area contributed by atoms with Crippen LogP contribution < -0.4 is 5.59 Å². The normalized spacial score (nSPS) is 20.6. The molecule has 0 amide bonds. The maximum absolute atomic E-state index is 11.5. The number of aryl methyl sites for hydroxylation is 1. The van der Waals surface area contributed by atoms with Crippen molar-refractivity contribution in [1.29, 1.82) is 0 Å². The van der Waals surface area contributed by atoms with E-state index >= 15 is 0 Å². The average Bonchev–Trinajstić information content (AvgIpc) is 2.47. The molecule has 1 aliphatic rings. The van der Waals surface area contributed by atoms with Crippen molar-refractivity contribution in [3.8, 4) is 0 Å². The first-order valence-electron chi connectivity index (χ1n) is 6.47. The number of aromatic nitrogens is 1. The molecule has 1 aromatic heterocycles. The summed E-state index contributed by atoms with van der Waals surface area (Å²) in [6, 6.07) is 3.67. The van der Waals surface area contributed by atoms with Crippen molar-refractivity contribution in [2.24, 2.45) is 0 Å². The van der Waals surface area contributed by atoms with Crippen LogP contribution in [0.1, 0.15) is 50.7 Å². The van der Waals surface area contributed by atoms with Crippen LogP contribution in [0.5, 0.6) is 0 Å². The van der Waals surface area contributed by atoms with Gasteiger partial charge in [-0.05, 0) is 52.3 Å². The van der Waals surface area contributed by atoms with Crippen LogP contribution >= 0.6 is 0 Å². The molecule has 4 nitrogen and oxygen atoms in total. The number of Topliss-reactive ketones (excluding diaryl/α,β-unsaturated/α-hetero) is 1. The zero-order valence-electron chi connectivity index (χ0n) is 12.4. The number of carbonyl (C=O) groups is 1. The van der Waals surface area contributed by atoms with E-state index in [0.717, 1.165) is 5.56 Å². The van der Waals surface area contributed by atoms with Gasteiger partial charge in [-0.15, -0.1) is 0 Å². The fourth-order valence-electron chi connectivity index (χ4n) is 1.96. The van der Waals surface area contributed by atoms with Gasteiger partial charge in [-0.1, -0.05) is 0 Å². The molecule has 19 heavy (non-hydrogen) atoms. The first kappa shape index (κ1) is 14.2. The van der Waals surface area contributed by atoms with E-state index in [2.05, 4.69) is 4.98 Å². The van der Waals surface area contributed by atoms with Gasteiger partial charge in [0.1, 0.15) is 5.69 Å². The minimum absolute atomic E-state index is 0.0542. The van der Waals surface area contributed by atoms with Gasteiger partial charge in [-0.3, -0.25) is 9.78 Å². The van der Waals surface area contributed by atoms with Crippen molar-refractivity contribution >= 4 is 18.5 Å². The van der Waals surface area contributed by atoms with Crippen molar-refractivity contribution < 1.29 is 14.1 Å². The summed E-state index contributed by atoms with van der Waals surface area (Å²) >= 11 is 0. The number of pyridine rings is 1. The SMILES string of the molecule is CC(=O)c1cc(C)cc(B2OC(C)(C)C(C)(C)O2)n1. The van der Waals surface area contributed by atoms with Gasteiger partial charge >= 0.3 is 7.12 Å². The number of hydrogen-bond acceptors (Lipinski definition) is 4. The van der Waals surface area contributed by atoms with Crippen LogP contribution in [-0.2, 0) is 9.31 Å². The lowest BCUT2D eigenvalue weighted by molar-refractivity contribution is 0.00578. The molecule has 2 heterocycles. The van der Waals surface area contributed by atoms with E-state index in [1.807, 2.05) is 40.7 Å². The van der Waals surface area contributed by atoms with E-state index in [1.165, 1.54) is 6.92 Å². The van der Waals surface area contributed by atoms with Crippen LogP contribution in [0.3, 0.4) is 0 Å². The highest BCUT2D eigenvalue weighted by Crippen LogP contribution is 2.36. The van der Waals surface area contributed by atoms with Crippen molar-refractivity contribution in [2.75, 3.05) is 0 Å². The highest BCUT2D eigenvalue weighted by Gasteiger charge is 2.52. The molecule has 1 aliphatic heterocycles. The van der Waals surface area contributed by atoms with Gasteiger partial charge < -0.3 is 9.31 Å². The maximum atomic E-state index is 11.5. The average molecular weight is 261 g/mol. The Hall–Kier alpha value is -1.20. The summed E-state index contributed by atoms with van der Waals surface area (Å²) < 4.78 is 11.9. The molecule has 0 atom stereocenters. The Balaban J connectivity index is 2.37. The smallest absolute Gasteiger partial charge is 0.398 e. The number of carbonyl (C=O) groups excluding carboxylic acids is 1. The number of ketones is 1. The lowest BCUT2D eigenvalue weighted by Crippen LogP contribution is -2.41. The summed E-state index contributed by atoms with van der Waals surface area (Å²) in [5.74, 6) is -0.0542. The predicted octanol–water partition coefficient (Wildman–Crippen LogP) is 1.89. The van der Waals surface area contributed by atoms with Crippen LogP contribution in [0.4, 0.5) is 0 Å². The summed E-state index contributed by atoms with van der Waals surface area (Å²) in [4.78, 5) is 15.8. The summed E-state index contributed by atoms with van der Waals surface area (Å²) in [5, 5.41) is 0. The Bertz CT molecular complexity index is 509. The number of nitrogens with zero attached hydrogens (tertiary/aromatic N) is 1. The van der Waals surface area contributed by atoms with Gasteiger partial charge in [-0.2, -0.15) is 0 Å². The Kier molecular flexibility index (Phi) is 3.31. The zero-order chi connectivity index (χ0) is 14.4. The van der Waals surface area contributed by atoms with E-state index < -0.39 is 18.3 Å². The van der Waals surface area contributed by atoms with Gasteiger partial charge in [0.25, 0.3) is 0 Å². The molecule has 1 saturated heterocycles. The van der Waals surface area contributed by atoms with Crippen molar-refractivity contribution in [2.45, 2.75) is 52.7 Å². The minimum atomic E-state index is -0.525. The monoisotopic (exact) mass is 261 g/mol. The topological polar surface area (TPSA) is 48.4 Å². The summed E-state index contributed by atoms with van der Waals surface area (Å²) in [7, 11) is -0.525. The van der Waals surface area contributed by atoms with Gasteiger partial charge in [0.15, 0.2) is 5.78 Å². The fraction of sp³-hybridized carbons (Fsp3) is 0.571. The minimum Gasteiger partial charge on any atom is -0.398 e. The fourth-order valence-corrected chi connectivity index (χ4v) is 1.96. The van der Waals surface area contributed by atoms with E-state index in [9.17, 15) is 4.79 Å². The van der Waals surface area contributed by atoms with E-state index in [0.29, 0.717) is 11.3 Å². The quantitative estimate of drug-likeness (QED) is 0.602. The lowest BCUT2D eigenvalue weighted by Gasteiger charge is -2.32. The Morgan fingerprint density at radius 3 is 2.16 bits per heavy atom. The molecule has 2 rings (SSSR count). The first-order chi connectivity index (χ1) is 8.62. The van der Waals surface area contributed by atoms with E-state index in [1.54, 1.807) is 6.07 Å². The molecular formula is C14H20BNO3. The third kappa shape index (κ3) is 2.58. The molecule has 0 spiro atoms. The van der Waals surface area contributed by atoms with Crippen LogP contribution in [-0.4, -0.2) is 29.1 Å². The second-order valence-corrected chi connectivity index (χ2v) is 6.10. The number of hydrogen-bond donors (Lipinski definition) is 0. The molecule has 5 heteroatoms. The molecule has 1 aromatic rings. The molecular weight excluding hydrogens is 241 g/mol. The third-order valence-corrected chi connectivity index (χ3v) is 3.84. The molecule has 0 saturated carbocycles. The zero-order valence-corrected chi connectivity index (χ0v) is 12.4. The van der Waals surface area contributed by atoms with Crippen LogP contribution in [0, 0.1) is 6.92 Å². The highest BCUT2D eigenvalue weighted by molar-refractivity contribution is 6.61.